The zero-order valence-corrected chi connectivity index (χ0v) is 31.6. The number of benzene rings is 1. The minimum atomic E-state index is -0.689. The van der Waals surface area contributed by atoms with Crippen molar-refractivity contribution in [1.29, 1.82) is 0 Å². The van der Waals surface area contributed by atoms with Gasteiger partial charge in [-0.3, -0.25) is 4.79 Å². The second-order valence-electron chi connectivity index (χ2n) is 13.3. The minimum Gasteiger partial charge on any atom is -0.481 e. The number of carboxylic acid groups (broad SMARTS) is 1. The third-order valence-electron chi connectivity index (χ3n) is 8.56. The molecule has 7 heteroatoms. The predicted octanol–water partition coefficient (Wildman–Crippen LogP) is 11.8. The van der Waals surface area contributed by atoms with E-state index in [1.54, 1.807) is 24.3 Å². The molecule has 1 aromatic rings. The van der Waals surface area contributed by atoms with E-state index >= 15 is 0 Å². The molecule has 7 nitrogen and oxygen atoms in total. The quantitative estimate of drug-likeness (QED) is 0.0454. The van der Waals surface area contributed by atoms with Gasteiger partial charge >= 0.3 is 17.9 Å². The van der Waals surface area contributed by atoms with E-state index in [0.717, 1.165) is 77.0 Å². The van der Waals surface area contributed by atoms with Crippen LogP contribution in [-0.2, 0) is 14.3 Å². The average Bonchev–Trinajstić information content (AvgIpc) is 3.10. The zero-order valence-electron chi connectivity index (χ0n) is 31.6. The number of aliphatic carboxylic acids is 1. The molecule has 0 aliphatic heterocycles. The summed E-state index contributed by atoms with van der Waals surface area (Å²) in [7, 11) is 0. The van der Waals surface area contributed by atoms with Crippen molar-refractivity contribution in [3.63, 3.8) is 0 Å². The highest BCUT2D eigenvalue weighted by atomic mass is 16.5. The third kappa shape index (κ3) is 29.9. The first-order chi connectivity index (χ1) is 23.9. The average molecular weight is 689 g/mol. The summed E-state index contributed by atoms with van der Waals surface area (Å²) in [6.07, 6.45) is 31.0. The van der Waals surface area contributed by atoms with Crippen LogP contribution in [0.3, 0.4) is 0 Å². The topological polar surface area (TPSA) is 110 Å². The number of unbranched alkanes of at least 4 members (excludes halogenated alkanes) is 18. The number of aliphatic hydroxyl groups is 1. The SMILES string of the molecule is CCCCCCCCOC(=O)c1ccccc1C(=O)OCCCCCCCC.CCCCCC[C@@H](O)CC=CCCCCCCCC(=O)O. The van der Waals surface area contributed by atoms with Crippen LogP contribution >= 0.6 is 0 Å². The molecular formula is C42H72O7. The van der Waals surface area contributed by atoms with E-state index in [4.69, 9.17) is 14.6 Å². The van der Waals surface area contributed by atoms with E-state index < -0.39 is 17.9 Å². The van der Waals surface area contributed by atoms with Crippen molar-refractivity contribution in [3.05, 3.63) is 47.5 Å². The molecule has 0 aliphatic carbocycles. The molecule has 0 aromatic heterocycles. The van der Waals surface area contributed by atoms with Crippen molar-refractivity contribution in [1.82, 2.24) is 0 Å². The summed E-state index contributed by atoms with van der Waals surface area (Å²) in [5, 5.41) is 18.3. The monoisotopic (exact) mass is 689 g/mol. The number of carbonyl (C=O) groups is 3. The summed E-state index contributed by atoms with van der Waals surface area (Å²) in [5.41, 5.74) is 0.586. The summed E-state index contributed by atoms with van der Waals surface area (Å²) in [6, 6.07) is 6.74. The Kier molecular flexibility index (Phi) is 33.3. The molecule has 0 fully saturated rings. The molecule has 0 aliphatic rings. The Bertz CT molecular complexity index is 909. The fourth-order valence-corrected chi connectivity index (χ4v) is 5.45. The van der Waals surface area contributed by atoms with Crippen LogP contribution in [0.25, 0.3) is 0 Å². The Morgan fingerprint density at radius 1 is 0.592 bits per heavy atom. The standard InChI is InChI=1S/C24H38O4.C18H34O3/c1-3-5-7-9-11-15-19-27-23(25)21-17-13-14-18-22(21)24(26)28-20-16-12-10-8-6-4-2;1-2-3-4-11-14-17(19)15-12-9-7-5-6-8-10-13-16-18(20)21/h13-14,17-18H,3-12,15-16,19-20H2,1-2H3;9,12,17,19H,2-8,10-11,13-16H2,1H3,(H,20,21)/t;17-/m.1/s1. The normalized spacial score (nSPS) is 11.6. The molecule has 0 saturated heterocycles. The predicted molar refractivity (Wildman–Crippen MR) is 202 cm³/mol. The summed E-state index contributed by atoms with van der Waals surface area (Å²) in [5.74, 6) is -1.58. The van der Waals surface area contributed by atoms with Crippen LogP contribution in [-0.4, -0.2) is 47.4 Å². The van der Waals surface area contributed by atoms with E-state index in [9.17, 15) is 19.5 Å². The smallest absolute Gasteiger partial charge is 0.339 e. The number of ether oxygens (including phenoxy) is 2. The number of aliphatic hydroxyl groups excluding tert-OH is 1. The van der Waals surface area contributed by atoms with Crippen LogP contribution in [0.15, 0.2) is 36.4 Å². The number of carbonyl (C=O) groups excluding carboxylic acids is 2. The van der Waals surface area contributed by atoms with E-state index in [0.29, 0.717) is 30.8 Å². The largest absolute Gasteiger partial charge is 0.481 e. The van der Waals surface area contributed by atoms with Gasteiger partial charge in [0, 0.05) is 6.42 Å². The molecule has 0 unspecified atom stereocenters. The van der Waals surface area contributed by atoms with Gasteiger partial charge in [0.25, 0.3) is 0 Å². The maximum Gasteiger partial charge on any atom is 0.339 e. The van der Waals surface area contributed by atoms with Gasteiger partial charge in [-0.05, 0) is 57.1 Å². The van der Waals surface area contributed by atoms with E-state index in [-0.39, 0.29) is 6.10 Å². The van der Waals surface area contributed by atoms with Gasteiger partial charge < -0.3 is 19.7 Å². The fraction of sp³-hybridized carbons (Fsp3) is 0.738. The van der Waals surface area contributed by atoms with Gasteiger partial charge in [-0.25, -0.2) is 9.59 Å². The molecule has 0 amide bonds. The first kappa shape index (κ1) is 46.3. The maximum atomic E-state index is 12.4. The Morgan fingerprint density at radius 3 is 1.51 bits per heavy atom. The fourth-order valence-electron chi connectivity index (χ4n) is 5.45. The van der Waals surface area contributed by atoms with Crippen molar-refractivity contribution in [2.24, 2.45) is 0 Å². The Morgan fingerprint density at radius 2 is 1.02 bits per heavy atom. The van der Waals surface area contributed by atoms with Gasteiger partial charge in [0.2, 0.25) is 0 Å². The lowest BCUT2D eigenvalue weighted by molar-refractivity contribution is -0.137. The van der Waals surface area contributed by atoms with Gasteiger partial charge in [0.15, 0.2) is 0 Å². The number of hydrogen-bond acceptors (Lipinski definition) is 6. The van der Waals surface area contributed by atoms with Gasteiger partial charge in [0.05, 0.1) is 30.4 Å². The molecule has 0 bridgehead atoms. The lowest BCUT2D eigenvalue weighted by atomic mass is 10.1. The third-order valence-corrected chi connectivity index (χ3v) is 8.56. The minimum absolute atomic E-state index is 0.172. The van der Waals surface area contributed by atoms with E-state index in [1.165, 1.54) is 77.0 Å². The van der Waals surface area contributed by atoms with Crippen LogP contribution in [0.5, 0.6) is 0 Å². The molecule has 0 saturated carbocycles. The number of hydrogen-bond donors (Lipinski definition) is 2. The van der Waals surface area contributed by atoms with Crippen LogP contribution in [0.2, 0.25) is 0 Å². The zero-order chi connectivity index (χ0) is 36.2. The summed E-state index contributed by atoms with van der Waals surface area (Å²) >= 11 is 0. The molecule has 1 aromatic carbocycles. The van der Waals surface area contributed by atoms with Crippen molar-refractivity contribution in [3.8, 4) is 0 Å². The van der Waals surface area contributed by atoms with Gasteiger partial charge in [-0.15, -0.1) is 0 Å². The Labute approximate surface area is 299 Å². The highest BCUT2D eigenvalue weighted by Crippen LogP contribution is 2.14. The van der Waals surface area contributed by atoms with Crippen molar-refractivity contribution in [2.45, 2.75) is 187 Å². The van der Waals surface area contributed by atoms with E-state index in [2.05, 4.69) is 32.9 Å². The number of carboxylic acids is 1. The van der Waals surface area contributed by atoms with Crippen LogP contribution in [0, 0.1) is 0 Å². The molecule has 0 radical (unpaired) electrons. The summed E-state index contributed by atoms with van der Waals surface area (Å²) in [4.78, 5) is 35.0. The molecule has 0 heterocycles. The van der Waals surface area contributed by atoms with Crippen LogP contribution in [0.4, 0.5) is 0 Å². The second-order valence-corrected chi connectivity index (χ2v) is 13.3. The van der Waals surface area contributed by atoms with Gasteiger partial charge in [-0.2, -0.15) is 0 Å². The molecular weight excluding hydrogens is 616 g/mol. The summed E-state index contributed by atoms with van der Waals surface area (Å²) in [6.45, 7) is 7.37. The van der Waals surface area contributed by atoms with Crippen molar-refractivity contribution in [2.75, 3.05) is 13.2 Å². The van der Waals surface area contributed by atoms with Crippen LogP contribution in [0.1, 0.15) is 202 Å². The number of esters is 2. The van der Waals surface area contributed by atoms with Gasteiger partial charge in [-0.1, -0.05) is 154 Å². The molecule has 282 valence electrons. The molecule has 49 heavy (non-hydrogen) atoms. The first-order valence-electron chi connectivity index (χ1n) is 19.8. The summed E-state index contributed by atoms with van der Waals surface area (Å²) < 4.78 is 10.7. The van der Waals surface area contributed by atoms with E-state index in [1.807, 2.05) is 0 Å². The molecule has 2 N–H and O–H groups in total. The highest BCUT2D eigenvalue weighted by Gasteiger charge is 2.18. The lowest BCUT2D eigenvalue weighted by Gasteiger charge is -2.10. The number of allylic oxidation sites excluding steroid dienone is 1. The Balaban J connectivity index is 0.000000983. The van der Waals surface area contributed by atoms with Crippen LogP contribution < -0.4 is 0 Å². The Hall–Kier alpha value is -2.67. The molecule has 0 spiro atoms. The van der Waals surface area contributed by atoms with Crippen molar-refractivity contribution < 1.29 is 34.1 Å². The molecule has 1 rings (SSSR count). The first-order valence-corrected chi connectivity index (χ1v) is 19.8. The maximum absolute atomic E-state index is 12.4. The lowest BCUT2D eigenvalue weighted by Crippen LogP contribution is -2.15. The second kappa shape index (κ2) is 35.2. The highest BCUT2D eigenvalue weighted by molar-refractivity contribution is 6.03. The molecule has 1 atom stereocenters. The van der Waals surface area contributed by atoms with Crippen molar-refractivity contribution >= 4 is 17.9 Å². The van der Waals surface area contributed by atoms with Gasteiger partial charge in [0.1, 0.15) is 0 Å². The number of rotatable bonds is 31.